The number of halogens is 1. The predicted molar refractivity (Wildman–Crippen MR) is 81.0 cm³/mol. The Hall–Kier alpha value is -0.770. The van der Waals surface area contributed by atoms with Gasteiger partial charge < -0.3 is 15.4 Å². The van der Waals surface area contributed by atoms with Crippen molar-refractivity contribution in [2.24, 2.45) is 5.73 Å². The molecule has 3 nitrogen and oxygen atoms in total. The fourth-order valence-electron chi connectivity index (χ4n) is 2.75. The molecule has 2 N–H and O–H groups in total. The Morgan fingerprint density at radius 3 is 2.58 bits per heavy atom. The number of nitrogens with two attached hydrogens (primary N) is 1. The van der Waals surface area contributed by atoms with E-state index in [1.807, 2.05) is 19.1 Å². The quantitative estimate of drug-likeness (QED) is 0.926. The zero-order valence-corrected chi connectivity index (χ0v) is 12.7. The molecule has 19 heavy (non-hydrogen) atoms. The van der Waals surface area contributed by atoms with Gasteiger partial charge in [0.1, 0.15) is 0 Å². The van der Waals surface area contributed by atoms with E-state index < -0.39 is 0 Å². The van der Waals surface area contributed by atoms with Crippen LogP contribution in [0.5, 0.6) is 0 Å². The summed E-state index contributed by atoms with van der Waals surface area (Å²) in [6.07, 6.45) is 1.35. The van der Waals surface area contributed by atoms with Crippen molar-refractivity contribution >= 4 is 17.3 Å². The molecule has 1 heterocycles. The van der Waals surface area contributed by atoms with E-state index in [1.165, 1.54) is 11.3 Å². The minimum absolute atomic E-state index is 0.133. The number of benzene rings is 1. The Morgan fingerprint density at radius 1 is 1.37 bits per heavy atom. The molecule has 4 heteroatoms. The normalized spacial score (nSPS) is 25.4. The van der Waals surface area contributed by atoms with Crippen molar-refractivity contribution in [2.45, 2.75) is 45.4 Å². The highest BCUT2D eigenvalue weighted by Crippen LogP contribution is 2.28. The lowest BCUT2D eigenvalue weighted by Crippen LogP contribution is -2.46. The molecule has 2 rings (SSSR count). The molecule has 1 aromatic carbocycles. The molecule has 3 atom stereocenters. The van der Waals surface area contributed by atoms with Crippen LogP contribution in [-0.4, -0.2) is 31.3 Å². The van der Waals surface area contributed by atoms with Crippen molar-refractivity contribution in [3.63, 3.8) is 0 Å². The number of morpholine rings is 1. The van der Waals surface area contributed by atoms with E-state index in [-0.39, 0.29) is 18.2 Å². The third-order valence-electron chi connectivity index (χ3n) is 3.34. The van der Waals surface area contributed by atoms with E-state index in [0.29, 0.717) is 0 Å². The number of rotatable bonds is 3. The van der Waals surface area contributed by atoms with Crippen LogP contribution in [-0.2, 0) is 11.2 Å². The van der Waals surface area contributed by atoms with E-state index in [2.05, 4.69) is 24.8 Å². The van der Waals surface area contributed by atoms with Gasteiger partial charge in [0.15, 0.2) is 0 Å². The highest BCUT2D eigenvalue weighted by molar-refractivity contribution is 6.30. The molecule has 1 fully saturated rings. The Kier molecular flexibility index (Phi) is 4.71. The molecular formula is C15H23ClN2O. The summed E-state index contributed by atoms with van der Waals surface area (Å²) in [5.41, 5.74) is 8.41. The smallest absolute Gasteiger partial charge is 0.0726 e. The summed E-state index contributed by atoms with van der Waals surface area (Å²) >= 11 is 6.11. The van der Waals surface area contributed by atoms with Crippen LogP contribution >= 0.6 is 11.6 Å². The first-order chi connectivity index (χ1) is 8.95. The first-order valence-electron chi connectivity index (χ1n) is 6.90. The van der Waals surface area contributed by atoms with Crippen LogP contribution in [0.3, 0.4) is 0 Å². The number of ether oxygens (including phenoxy) is 1. The number of nitrogens with zero attached hydrogens (tertiary/aromatic N) is 1. The maximum atomic E-state index is 6.11. The summed E-state index contributed by atoms with van der Waals surface area (Å²) in [4.78, 5) is 2.38. The van der Waals surface area contributed by atoms with E-state index in [9.17, 15) is 0 Å². The molecular weight excluding hydrogens is 260 g/mol. The summed E-state index contributed by atoms with van der Waals surface area (Å²) in [6.45, 7) is 8.08. The monoisotopic (exact) mass is 282 g/mol. The lowest BCUT2D eigenvalue weighted by atomic mass is 10.0. The standard InChI is InChI=1S/C15H23ClN2O/c1-10(17)6-13-7-14(16)4-5-15(13)18-8-11(2)19-12(3)9-18/h4-5,7,10-12H,6,8-9,17H2,1-3H3/t10?,11-,12+. The highest BCUT2D eigenvalue weighted by atomic mass is 35.5. The topological polar surface area (TPSA) is 38.5 Å². The third kappa shape index (κ3) is 3.85. The van der Waals surface area contributed by atoms with E-state index in [1.54, 1.807) is 0 Å². The number of hydrogen-bond donors (Lipinski definition) is 1. The Balaban J connectivity index is 2.27. The summed E-state index contributed by atoms with van der Waals surface area (Å²) in [6, 6.07) is 6.22. The molecule has 1 unspecified atom stereocenters. The molecule has 1 saturated heterocycles. The first kappa shape index (κ1) is 14.6. The highest BCUT2D eigenvalue weighted by Gasteiger charge is 2.24. The van der Waals surface area contributed by atoms with Crippen molar-refractivity contribution in [1.29, 1.82) is 0 Å². The lowest BCUT2D eigenvalue weighted by Gasteiger charge is -2.38. The second-order valence-electron chi connectivity index (χ2n) is 5.62. The van der Waals surface area contributed by atoms with Crippen molar-refractivity contribution in [3.05, 3.63) is 28.8 Å². The Bertz CT molecular complexity index is 426. The van der Waals surface area contributed by atoms with Gasteiger partial charge in [0.25, 0.3) is 0 Å². The van der Waals surface area contributed by atoms with Gasteiger partial charge in [-0.1, -0.05) is 11.6 Å². The molecule has 1 aliphatic heterocycles. The molecule has 0 radical (unpaired) electrons. The average molecular weight is 283 g/mol. The van der Waals surface area contributed by atoms with Gasteiger partial charge in [-0.25, -0.2) is 0 Å². The lowest BCUT2D eigenvalue weighted by molar-refractivity contribution is -0.00526. The Labute approximate surface area is 120 Å². The average Bonchev–Trinajstić information content (AvgIpc) is 2.26. The van der Waals surface area contributed by atoms with Gasteiger partial charge in [0.2, 0.25) is 0 Å². The minimum atomic E-state index is 0.133. The van der Waals surface area contributed by atoms with Crippen molar-refractivity contribution in [2.75, 3.05) is 18.0 Å². The van der Waals surface area contributed by atoms with E-state index >= 15 is 0 Å². The second kappa shape index (κ2) is 6.12. The van der Waals surface area contributed by atoms with Crippen molar-refractivity contribution < 1.29 is 4.74 Å². The van der Waals surface area contributed by atoms with Gasteiger partial charge in [-0.05, 0) is 51.0 Å². The van der Waals surface area contributed by atoms with Gasteiger partial charge in [-0.3, -0.25) is 0 Å². The molecule has 1 aromatic rings. The van der Waals surface area contributed by atoms with Gasteiger partial charge in [0, 0.05) is 29.8 Å². The van der Waals surface area contributed by atoms with E-state index in [0.717, 1.165) is 24.5 Å². The first-order valence-corrected chi connectivity index (χ1v) is 7.28. The molecule has 106 valence electrons. The predicted octanol–water partition coefficient (Wildman–Crippen LogP) is 2.84. The fraction of sp³-hybridized carbons (Fsp3) is 0.600. The summed E-state index contributed by atoms with van der Waals surface area (Å²) in [7, 11) is 0. The zero-order chi connectivity index (χ0) is 14.0. The summed E-state index contributed by atoms with van der Waals surface area (Å²) in [5, 5.41) is 0.772. The van der Waals surface area contributed by atoms with Crippen LogP contribution in [0.2, 0.25) is 5.02 Å². The summed E-state index contributed by atoms with van der Waals surface area (Å²) in [5.74, 6) is 0. The van der Waals surface area contributed by atoms with Crippen molar-refractivity contribution in [3.8, 4) is 0 Å². The van der Waals surface area contributed by atoms with Crippen LogP contribution in [0.15, 0.2) is 18.2 Å². The van der Waals surface area contributed by atoms with Gasteiger partial charge in [0.05, 0.1) is 12.2 Å². The SMILES string of the molecule is CC(N)Cc1cc(Cl)ccc1N1C[C@@H](C)O[C@@H](C)C1. The number of hydrogen-bond acceptors (Lipinski definition) is 3. The number of anilines is 1. The van der Waals surface area contributed by atoms with Crippen LogP contribution in [0.25, 0.3) is 0 Å². The van der Waals surface area contributed by atoms with Gasteiger partial charge in [-0.15, -0.1) is 0 Å². The van der Waals surface area contributed by atoms with Crippen LogP contribution in [0, 0.1) is 0 Å². The van der Waals surface area contributed by atoms with Gasteiger partial charge >= 0.3 is 0 Å². The molecule has 0 bridgehead atoms. The maximum Gasteiger partial charge on any atom is 0.0726 e. The second-order valence-corrected chi connectivity index (χ2v) is 6.05. The largest absolute Gasteiger partial charge is 0.372 e. The van der Waals surface area contributed by atoms with Crippen LogP contribution < -0.4 is 10.6 Å². The third-order valence-corrected chi connectivity index (χ3v) is 3.58. The fourth-order valence-corrected chi connectivity index (χ4v) is 2.94. The van der Waals surface area contributed by atoms with Gasteiger partial charge in [-0.2, -0.15) is 0 Å². The molecule has 1 aliphatic rings. The van der Waals surface area contributed by atoms with Crippen LogP contribution in [0.4, 0.5) is 5.69 Å². The minimum Gasteiger partial charge on any atom is -0.372 e. The molecule has 0 spiro atoms. The molecule has 0 aliphatic carbocycles. The molecule has 0 amide bonds. The summed E-state index contributed by atoms with van der Waals surface area (Å²) < 4.78 is 5.79. The molecule has 0 aromatic heterocycles. The molecule has 0 saturated carbocycles. The van der Waals surface area contributed by atoms with E-state index in [4.69, 9.17) is 22.1 Å². The maximum absolute atomic E-state index is 6.11. The Morgan fingerprint density at radius 2 is 2.00 bits per heavy atom. The van der Waals surface area contributed by atoms with Crippen LogP contribution in [0.1, 0.15) is 26.3 Å². The zero-order valence-electron chi connectivity index (χ0n) is 11.9. The van der Waals surface area contributed by atoms with Crippen molar-refractivity contribution in [1.82, 2.24) is 0 Å².